The quantitative estimate of drug-likeness (QED) is 0.768. The molecule has 0 spiro atoms. The van der Waals surface area contributed by atoms with E-state index in [2.05, 4.69) is 9.80 Å². The van der Waals surface area contributed by atoms with Gasteiger partial charge in [-0.2, -0.15) is 0 Å². The number of hydrogen-bond donors (Lipinski definition) is 0. The second-order valence-electron chi connectivity index (χ2n) is 10.2. The van der Waals surface area contributed by atoms with E-state index in [-0.39, 0.29) is 0 Å². The Bertz CT molecular complexity index is 438. The summed E-state index contributed by atoms with van der Waals surface area (Å²) in [6, 6.07) is 1.97. The first kappa shape index (κ1) is 14.1. The van der Waals surface area contributed by atoms with Crippen molar-refractivity contribution in [3.8, 4) is 0 Å². The van der Waals surface area contributed by atoms with Crippen LogP contribution in [0.4, 0.5) is 0 Å². The van der Waals surface area contributed by atoms with Crippen LogP contribution >= 0.6 is 0 Å². The van der Waals surface area contributed by atoms with Crippen LogP contribution in [0.15, 0.2) is 0 Å². The average Bonchev–Trinajstić information content (AvgIpc) is 3.17. The smallest absolute Gasteiger partial charge is 0.0153 e. The highest BCUT2D eigenvalue weighted by Gasteiger charge is 2.51. The minimum absolute atomic E-state index is 0.981. The lowest BCUT2D eigenvalue weighted by atomic mass is 9.54. The van der Waals surface area contributed by atoms with Gasteiger partial charge in [0.15, 0.2) is 0 Å². The highest BCUT2D eigenvalue weighted by molar-refractivity contribution is 5.03. The summed E-state index contributed by atoms with van der Waals surface area (Å²) in [5, 5.41) is 0. The molecule has 0 aromatic rings. The van der Waals surface area contributed by atoms with E-state index in [1.807, 2.05) is 0 Å². The zero-order chi connectivity index (χ0) is 15.0. The van der Waals surface area contributed by atoms with Crippen LogP contribution in [0, 0.1) is 35.5 Å². The minimum atomic E-state index is 0.981. The van der Waals surface area contributed by atoms with E-state index in [1.165, 1.54) is 26.2 Å². The number of nitrogens with zero attached hydrogens (tertiary/aromatic N) is 2. The molecule has 1 aliphatic heterocycles. The molecule has 1 saturated heterocycles. The monoisotopic (exact) mass is 314 g/mol. The van der Waals surface area contributed by atoms with Gasteiger partial charge in [-0.15, -0.1) is 0 Å². The Morgan fingerprint density at radius 1 is 0.478 bits per heavy atom. The van der Waals surface area contributed by atoms with Crippen molar-refractivity contribution in [2.24, 2.45) is 35.5 Å². The summed E-state index contributed by atoms with van der Waals surface area (Å²) in [4.78, 5) is 5.88. The van der Waals surface area contributed by atoms with E-state index in [1.54, 1.807) is 57.8 Å². The third-order valence-corrected chi connectivity index (χ3v) is 9.12. The van der Waals surface area contributed by atoms with Crippen LogP contribution in [0.25, 0.3) is 0 Å². The fraction of sp³-hybridized carbons (Fsp3) is 1.00. The number of rotatable bonds is 2. The van der Waals surface area contributed by atoms with Gasteiger partial charge in [0.05, 0.1) is 0 Å². The van der Waals surface area contributed by atoms with Crippen LogP contribution in [0.1, 0.15) is 57.8 Å². The van der Waals surface area contributed by atoms with Gasteiger partial charge in [0.2, 0.25) is 0 Å². The molecule has 23 heavy (non-hydrogen) atoms. The summed E-state index contributed by atoms with van der Waals surface area (Å²) in [5.74, 6) is 6.61. The molecule has 6 bridgehead atoms. The summed E-state index contributed by atoms with van der Waals surface area (Å²) in [7, 11) is 0. The lowest BCUT2D eigenvalue weighted by molar-refractivity contribution is -0.0805. The van der Waals surface area contributed by atoms with E-state index in [0.29, 0.717) is 0 Å². The molecule has 0 N–H and O–H groups in total. The maximum Gasteiger partial charge on any atom is 0.0153 e. The van der Waals surface area contributed by atoms with Crippen LogP contribution in [-0.2, 0) is 0 Å². The van der Waals surface area contributed by atoms with Crippen molar-refractivity contribution in [3.63, 3.8) is 0 Å². The summed E-state index contributed by atoms with van der Waals surface area (Å²) in [6.45, 7) is 5.55. The third-order valence-electron chi connectivity index (χ3n) is 9.12. The van der Waals surface area contributed by atoms with E-state index in [0.717, 1.165) is 47.6 Å². The topological polar surface area (TPSA) is 6.48 Å². The fourth-order valence-electron chi connectivity index (χ4n) is 8.52. The van der Waals surface area contributed by atoms with Crippen molar-refractivity contribution < 1.29 is 0 Å². The normalized spacial score (nSPS) is 55.8. The minimum Gasteiger partial charge on any atom is -0.298 e. The van der Waals surface area contributed by atoms with E-state index in [9.17, 15) is 0 Å². The third kappa shape index (κ3) is 2.20. The van der Waals surface area contributed by atoms with E-state index >= 15 is 0 Å². The molecule has 2 heteroatoms. The van der Waals surface area contributed by atoms with Gasteiger partial charge in [-0.3, -0.25) is 9.80 Å². The molecule has 7 fully saturated rings. The second-order valence-corrected chi connectivity index (χ2v) is 10.2. The van der Waals surface area contributed by atoms with Gasteiger partial charge in [0, 0.05) is 38.3 Å². The van der Waals surface area contributed by atoms with Gasteiger partial charge in [0.1, 0.15) is 0 Å². The molecule has 3 atom stereocenters. The molecule has 6 aliphatic carbocycles. The summed E-state index contributed by atoms with van der Waals surface area (Å²) < 4.78 is 0. The lowest BCUT2D eigenvalue weighted by Crippen LogP contribution is -2.61. The van der Waals surface area contributed by atoms with E-state index < -0.39 is 0 Å². The largest absolute Gasteiger partial charge is 0.298 e. The first-order valence-electron chi connectivity index (χ1n) is 10.8. The van der Waals surface area contributed by atoms with Gasteiger partial charge < -0.3 is 0 Å². The van der Waals surface area contributed by atoms with Gasteiger partial charge in [0.25, 0.3) is 0 Å². The Morgan fingerprint density at radius 3 is 1.65 bits per heavy atom. The first-order valence-corrected chi connectivity index (χ1v) is 10.8. The second kappa shape index (κ2) is 5.21. The molecule has 0 aromatic carbocycles. The highest BCUT2D eigenvalue weighted by Crippen LogP contribution is 2.55. The van der Waals surface area contributed by atoms with Gasteiger partial charge in [-0.05, 0) is 86.9 Å². The predicted molar refractivity (Wildman–Crippen MR) is 93.2 cm³/mol. The Hall–Kier alpha value is -0.0800. The van der Waals surface area contributed by atoms with Gasteiger partial charge >= 0.3 is 0 Å². The first-order chi connectivity index (χ1) is 11.3. The van der Waals surface area contributed by atoms with E-state index in [4.69, 9.17) is 0 Å². The van der Waals surface area contributed by atoms with Crippen LogP contribution in [0.5, 0.6) is 0 Å². The molecule has 0 radical (unpaired) electrons. The van der Waals surface area contributed by atoms with Gasteiger partial charge in [-0.25, -0.2) is 0 Å². The molecule has 0 aromatic heterocycles. The van der Waals surface area contributed by atoms with Crippen molar-refractivity contribution in [1.82, 2.24) is 9.80 Å². The zero-order valence-electron chi connectivity index (χ0n) is 14.7. The number of piperazine rings is 1. The summed E-state index contributed by atoms with van der Waals surface area (Å²) in [6.07, 6.45) is 14.2. The molecule has 128 valence electrons. The lowest BCUT2D eigenvalue weighted by Gasteiger charge is -2.58. The Balaban J connectivity index is 1.11. The SMILES string of the molecule is C1C2CC3CC1CC(C2)C3N1CCN([C@H]2C[C@H]3CC[C@H]2C3)CC1. The summed E-state index contributed by atoms with van der Waals surface area (Å²) >= 11 is 0. The molecule has 2 nitrogen and oxygen atoms in total. The highest BCUT2D eigenvalue weighted by atomic mass is 15.3. The zero-order valence-corrected chi connectivity index (χ0v) is 14.7. The molecule has 6 saturated carbocycles. The van der Waals surface area contributed by atoms with Crippen molar-refractivity contribution in [2.75, 3.05) is 26.2 Å². The Labute approximate surface area is 142 Å². The average molecular weight is 315 g/mol. The van der Waals surface area contributed by atoms with Crippen LogP contribution in [-0.4, -0.2) is 48.1 Å². The molecular weight excluding hydrogens is 280 g/mol. The van der Waals surface area contributed by atoms with Crippen molar-refractivity contribution in [2.45, 2.75) is 69.9 Å². The molecule has 1 heterocycles. The Morgan fingerprint density at radius 2 is 1.09 bits per heavy atom. The molecule has 7 rings (SSSR count). The molecule has 7 aliphatic rings. The van der Waals surface area contributed by atoms with Gasteiger partial charge in [-0.1, -0.05) is 6.42 Å². The molecular formula is C21H34N2. The Kier molecular flexibility index (Phi) is 3.20. The molecule has 0 amide bonds. The van der Waals surface area contributed by atoms with Crippen molar-refractivity contribution in [3.05, 3.63) is 0 Å². The van der Waals surface area contributed by atoms with Crippen molar-refractivity contribution >= 4 is 0 Å². The van der Waals surface area contributed by atoms with Crippen LogP contribution in [0.2, 0.25) is 0 Å². The molecule has 0 unspecified atom stereocenters. The standard InChI is InChI=1S/C21H34N2/c1-2-17-8-14(1)13-20(17)22-3-5-23(6-4-22)21-18-9-15-7-16(11-18)12-19(21)10-15/h14-21H,1-13H2/t14-,15?,16?,17-,18?,19?,20-,21?/m0/s1. The van der Waals surface area contributed by atoms with Crippen molar-refractivity contribution in [1.29, 1.82) is 0 Å². The predicted octanol–water partition coefficient (Wildman–Crippen LogP) is 3.62. The fourth-order valence-corrected chi connectivity index (χ4v) is 8.52. The maximum atomic E-state index is 2.97. The maximum absolute atomic E-state index is 2.97. The number of fused-ring (bicyclic) bond motifs is 2. The van der Waals surface area contributed by atoms with Crippen LogP contribution in [0.3, 0.4) is 0 Å². The summed E-state index contributed by atoms with van der Waals surface area (Å²) in [5.41, 5.74) is 0. The van der Waals surface area contributed by atoms with Crippen LogP contribution < -0.4 is 0 Å². The number of hydrogen-bond acceptors (Lipinski definition) is 2.